The largest absolute Gasteiger partial charge is 0.377 e. The van der Waals surface area contributed by atoms with Crippen LogP contribution >= 0.6 is 0 Å². The minimum atomic E-state index is 0.176. The van der Waals surface area contributed by atoms with Gasteiger partial charge < -0.3 is 14.2 Å². The SMILES string of the molecule is C[C@H]1CO[C@H](c2ccccc2)CN1CCOC[C@@H]1CCCO1. The maximum Gasteiger partial charge on any atom is 0.0952 e. The van der Waals surface area contributed by atoms with Crippen LogP contribution in [0.5, 0.6) is 0 Å². The molecule has 2 saturated heterocycles. The van der Waals surface area contributed by atoms with Crippen molar-refractivity contribution in [2.75, 3.05) is 39.5 Å². The summed E-state index contributed by atoms with van der Waals surface area (Å²) >= 11 is 0. The monoisotopic (exact) mass is 305 g/mol. The first-order valence-electron chi connectivity index (χ1n) is 8.43. The van der Waals surface area contributed by atoms with Crippen LogP contribution in [0.25, 0.3) is 0 Å². The van der Waals surface area contributed by atoms with Gasteiger partial charge in [0.1, 0.15) is 0 Å². The fourth-order valence-corrected chi connectivity index (χ4v) is 3.16. The van der Waals surface area contributed by atoms with Crippen LogP contribution < -0.4 is 0 Å². The predicted octanol–water partition coefficient (Wildman–Crippen LogP) is 2.64. The summed E-state index contributed by atoms with van der Waals surface area (Å²) in [7, 11) is 0. The van der Waals surface area contributed by atoms with Crippen molar-refractivity contribution in [3.63, 3.8) is 0 Å². The van der Waals surface area contributed by atoms with Crippen LogP contribution in [-0.4, -0.2) is 56.6 Å². The van der Waals surface area contributed by atoms with Crippen molar-refractivity contribution in [1.29, 1.82) is 0 Å². The average molecular weight is 305 g/mol. The molecular weight excluding hydrogens is 278 g/mol. The van der Waals surface area contributed by atoms with Crippen LogP contribution in [0.4, 0.5) is 0 Å². The molecule has 2 heterocycles. The standard InChI is InChI=1S/C18H27NO3/c1-15-13-22-18(16-6-3-2-4-7-16)12-19(15)9-11-20-14-17-8-5-10-21-17/h2-4,6-7,15,17-18H,5,8-14H2,1H3/t15-,17-,18-/m0/s1. The number of nitrogens with zero attached hydrogens (tertiary/aromatic N) is 1. The zero-order valence-corrected chi connectivity index (χ0v) is 13.4. The minimum absolute atomic E-state index is 0.176. The molecule has 3 atom stereocenters. The second kappa shape index (κ2) is 8.06. The Morgan fingerprint density at radius 1 is 1.23 bits per heavy atom. The topological polar surface area (TPSA) is 30.9 Å². The third kappa shape index (κ3) is 4.29. The summed E-state index contributed by atoms with van der Waals surface area (Å²) in [5.74, 6) is 0. The molecule has 0 amide bonds. The van der Waals surface area contributed by atoms with E-state index >= 15 is 0 Å². The highest BCUT2D eigenvalue weighted by Crippen LogP contribution is 2.24. The smallest absolute Gasteiger partial charge is 0.0952 e. The molecule has 0 aromatic heterocycles. The van der Waals surface area contributed by atoms with E-state index in [4.69, 9.17) is 14.2 Å². The first kappa shape index (κ1) is 15.9. The highest BCUT2D eigenvalue weighted by molar-refractivity contribution is 5.18. The molecule has 4 heteroatoms. The lowest BCUT2D eigenvalue weighted by Gasteiger charge is -2.38. The Morgan fingerprint density at radius 2 is 2.09 bits per heavy atom. The van der Waals surface area contributed by atoms with Crippen LogP contribution in [0, 0.1) is 0 Å². The van der Waals surface area contributed by atoms with Crippen molar-refractivity contribution >= 4 is 0 Å². The zero-order valence-electron chi connectivity index (χ0n) is 13.4. The molecule has 1 aromatic carbocycles. The van der Waals surface area contributed by atoms with Gasteiger partial charge in [-0.25, -0.2) is 0 Å². The molecule has 2 aliphatic heterocycles. The van der Waals surface area contributed by atoms with Gasteiger partial charge >= 0.3 is 0 Å². The van der Waals surface area contributed by atoms with E-state index in [1.165, 1.54) is 12.0 Å². The Kier molecular flexibility index (Phi) is 5.84. The summed E-state index contributed by atoms with van der Waals surface area (Å²) in [6.45, 7) is 7.31. The van der Waals surface area contributed by atoms with Gasteiger partial charge in [-0.15, -0.1) is 0 Å². The molecule has 0 aliphatic carbocycles. The third-order valence-electron chi connectivity index (χ3n) is 4.58. The lowest BCUT2D eigenvalue weighted by atomic mass is 10.1. The molecule has 0 unspecified atom stereocenters. The van der Waals surface area contributed by atoms with Crippen LogP contribution in [0.1, 0.15) is 31.4 Å². The van der Waals surface area contributed by atoms with E-state index in [0.717, 1.165) is 45.9 Å². The van der Waals surface area contributed by atoms with E-state index in [9.17, 15) is 0 Å². The van der Waals surface area contributed by atoms with Crippen LogP contribution in [0.15, 0.2) is 30.3 Å². The Labute approximate surface area is 133 Å². The highest BCUT2D eigenvalue weighted by atomic mass is 16.5. The molecule has 4 nitrogen and oxygen atoms in total. The normalized spacial score (nSPS) is 29.8. The fourth-order valence-electron chi connectivity index (χ4n) is 3.16. The van der Waals surface area contributed by atoms with Gasteiger partial charge in [0.05, 0.1) is 32.0 Å². The molecule has 0 N–H and O–H groups in total. The number of hydrogen-bond acceptors (Lipinski definition) is 4. The molecule has 0 radical (unpaired) electrons. The molecular formula is C18H27NO3. The van der Waals surface area contributed by atoms with E-state index < -0.39 is 0 Å². The zero-order chi connectivity index (χ0) is 15.2. The molecule has 0 bridgehead atoms. The number of hydrogen-bond donors (Lipinski definition) is 0. The second-order valence-corrected chi connectivity index (χ2v) is 6.29. The lowest BCUT2D eigenvalue weighted by Crippen LogP contribution is -2.46. The van der Waals surface area contributed by atoms with E-state index in [1.54, 1.807) is 0 Å². The van der Waals surface area contributed by atoms with E-state index in [2.05, 4.69) is 36.1 Å². The fraction of sp³-hybridized carbons (Fsp3) is 0.667. The van der Waals surface area contributed by atoms with Crippen molar-refractivity contribution in [2.45, 2.75) is 38.0 Å². The van der Waals surface area contributed by atoms with Crippen molar-refractivity contribution in [3.05, 3.63) is 35.9 Å². The molecule has 2 aliphatic rings. The molecule has 0 saturated carbocycles. The van der Waals surface area contributed by atoms with Crippen molar-refractivity contribution < 1.29 is 14.2 Å². The number of benzene rings is 1. The molecule has 0 spiro atoms. The first-order valence-corrected chi connectivity index (χ1v) is 8.43. The summed E-state index contributed by atoms with van der Waals surface area (Å²) < 4.78 is 17.4. The van der Waals surface area contributed by atoms with Crippen LogP contribution in [-0.2, 0) is 14.2 Å². The number of ether oxygens (including phenoxy) is 3. The predicted molar refractivity (Wildman–Crippen MR) is 86.0 cm³/mol. The Hall–Kier alpha value is -0.940. The first-order chi connectivity index (χ1) is 10.8. The van der Waals surface area contributed by atoms with Gasteiger partial charge in [0, 0.05) is 25.7 Å². The van der Waals surface area contributed by atoms with Gasteiger partial charge in [0.15, 0.2) is 0 Å². The maximum atomic E-state index is 5.99. The van der Waals surface area contributed by atoms with Gasteiger partial charge in [-0.2, -0.15) is 0 Å². The average Bonchev–Trinajstić information content (AvgIpc) is 3.07. The van der Waals surface area contributed by atoms with Crippen LogP contribution in [0.3, 0.4) is 0 Å². The van der Waals surface area contributed by atoms with E-state index in [1.807, 2.05) is 6.07 Å². The van der Waals surface area contributed by atoms with Crippen molar-refractivity contribution in [1.82, 2.24) is 4.90 Å². The summed E-state index contributed by atoms with van der Waals surface area (Å²) in [6.07, 6.45) is 2.81. The summed E-state index contributed by atoms with van der Waals surface area (Å²) in [5, 5.41) is 0. The Balaban J connectivity index is 1.43. The molecule has 3 rings (SSSR count). The number of morpholine rings is 1. The summed E-state index contributed by atoms with van der Waals surface area (Å²) in [6, 6.07) is 10.9. The van der Waals surface area contributed by atoms with E-state index in [0.29, 0.717) is 12.1 Å². The Bertz CT molecular complexity index is 433. The van der Waals surface area contributed by atoms with Gasteiger partial charge in [0.2, 0.25) is 0 Å². The van der Waals surface area contributed by atoms with Crippen LogP contribution in [0.2, 0.25) is 0 Å². The second-order valence-electron chi connectivity index (χ2n) is 6.29. The molecule has 2 fully saturated rings. The molecule has 122 valence electrons. The van der Waals surface area contributed by atoms with Gasteiger partial charge in [0.25, 0.3) is 0 Å². The highest BCUT2D eigenvalue weighted by Gasteiger charge is 2.26. The maximum absolute atomic E-state index is 5.99. The molecule has 1 aromatic rings. The quantitative estimate of drug-likeness (QED) is 0.756. The van der Waals surface area contributed by atoms with Crippen molar-refractivity contribution in [2.24, 2.45) is 0 Å². The lowest BCUT2D eigenvalue weighted by molar-refractivity contribution is -0.0702. The van der Waals surface area contributed by atoms with Gasteiger partial charge in [-0.05, 0) is 25.3 Å². The van der Waals surface area contributed by atoms with Crippen molar-refractivity contribution in [3.8, 4) is 0 Å². The number of rotatable bonds is 6. The Morgan fingerprint density at radius 3 is 2.86 bits per heavy atom. The summed E-state index contributed by atoms with van der Waals surface area (Å²) in [5.41, 5.74) is 1.26. The summed E-state index contributed by atoms with van der Waals surface area (Å²) in [4.78, 5) is 2.47. The van der Waals surface area contributed by atoms with Gasteiger partial charge in [-0.3, -0.25) is 4.90 Å². The minimum Gasteiger partial charge on any atom is -0.377 e. The molecule has 22 heavy (non-hydrogen) atoms. The third-order valence-corrected chi connectivity index (χ3v) is 4.58. The van der Waals surface area contributed by atoms with Gasteiger partial charge in [-0.1, -0.05) is 30.3 Å². The van der Waals surface area contributed by atoms with E-state index in [-0.39, 0.29) is 6.10 Å².